The van der Waals surface area contributed by atoms with E-state index in [1.807, 2.05) is 78.9 Å². The van der Waals surface area contributed by atoms with E-state index in [1.54, 1.807) is 12.1 Å². The molecule has 0 fully saturated rings. The van der Waals surface area contributed by atoms with Crippen LogP contribution in [0.5, 0.6) is 0 Å². The predicted molar refractivity (Wildman–Crippen MR) is 113 cm³/mol. The third kappa shape index (κ3) is 4.16. The molecule has 0 unspecified atom stereocenters. The van der Waals surface area contributed by atoms with E-state index in [9.17, 15) is 4.79 Å². The molecular weight excluding hydrogens is 370 g/mol. The van der Waals surface area contributed by atoms with E-state index in [0.717, 1.165) is 22.1 Å². The fourth-order valence-corrected chi connectivity index (χ4v) is 3.30. The Morgan fingerprint density at radius 1 is 0.893 bits per heavy atom. The molecule has 1 N–H and O–H groups in total. The van der Waals surface area contributed by atoms with Gasteiger partial charge in [-0.05, 0) is 41.5 Å². The Bertz CT molecular complexity index is 1080. The molecule has 28 heavy (non-hydrogen) atoms. The van der Waals surface area contributed by atoms with Crippen LogP contribution in [0.1, 0.15) is 22.9 Å². The normalized spacial score (nSPS) is 11.4. The summed E-state index contributed by atoms with van der Waals surface area (Å²) in [5.74, 6) is 0.402. The first kappa shape index (κ1) is 18.1. The van der Waals surface area contributed by atoms with Crippen LogP contribution in [0.2, 0.25) is 5.02 Å². The van der Waals surface area contributed by atoms with Crippen LogP contribution in [0.4, 0.5) is 0 Å². The Kier molecular flexibility index (Phi) is 5.27. The van der Waals surface area contributed by atoms with Gasteiger partial charge in [0.2, 0.25) is 5.91 Å². The summed E-state index contributed by atoms with van der Waals surface area (Å²) in [4.78, 5) is 12.6. The summed E-state index contributed by atoms with van der Waals surface area (Å²) in [5.41, 5.74) is 2.78. The van der Waals surface area contributed by atoms with E-state index in [4.69, 9.17) is 16.0 Å². The minimum atomic E-state index is -0.228. The summed E-state index contributed by atoms with van der Waals surface area (Å²) in [6, 6.07) is 26.9. The average Bonchev–Trinajstić information content (AvgIpc) is 3.14. The molecule has 0 aliphatic heterocycles. The molecule has 4 rings (SSSR count). The number of benzene rings is 3. The van der Waals surface area contributed by atoms with Crippen molar-refractivity contribution < 1.29 is 9.21 Å². The maximum absolute atomic E-state index is 12.6. The number of halogens is 1. The first-order valence-corrected chi connectivity index (χ1v) is 9.34. The number of nitrogens with one attached hydrogen (secondary N) is 1. The van der Waals surface area contributed by atoms with Gasteiger partial charge in [0.15, 0.2) is 0 Å². The lowest BCUT2D eigenvalue weighted by atomic mass is 9.99. The molecule has 0 bridgehead atoms. The van der Waals surface area contributed by atoms with Crippen LogP contribution in [-0.4, -0.2) is 5.91 Å². The Hall–Kier alpha value is -3.30. The van der Waals surface area contributed by atoms with Crippen molar-refractivity contribution in [1.29, 1.82) is 0 Å². The molecule has 0 radical (unpaired) electrons. The highest BCUT2D eigenvalue weighted by molar-refractivity contribution is 6.31. The minimum absolute atomic E-state index is 0.198. The second-order valence-corrected chi connectivity index (χ2v) is 6.86. The van der Waals surface area contributed by atoms with Crippen molar-refractivity contribution in [3.63, 3.8) is 0 Å². The SMILES string of the molecule is O=C(/C=C/c1cc2cc(Cl)ccc2o1)NC(c1ccccc1)c1ccccc1. The summed E-state index contributed by atoms with van der Waals surface area (Å²) >= 11 is 6.01. The van der Waals surface area contributed by atoms with Crippen LogP contribution in [0, 0.1) is 0 Å². The van der Waals surface area contributed by atoms with Gasteiger partial charge in [0.05, 0.1) is 6.04 Å². The van der Waals surface area contributed by atoms with Crippen molar-refractivity contribution >= 4 is 34.6 Å². The fourth-order valence-electron chi connectivity index (χ4n) is 3.12. The van der Waals surface area contributed by atoms with Crippen LogP contribution in [0.15, 0.2) is 95.4 Å². The van der Waals surface area contributed by atoms with E-state index in [1.165, 1.54) is 6.08 Å². The monoisotopic (exact) mass is 387 g/mol. The fraction of sp³-hybridized carbons (Fsp3) is 0.0417. The molecule has 0 saturated carbocycles. The standard InChI is InChI=1S/C24H18ClNO2/c25-20-11-13-22-19(15-20)16-21(28-22)12-14-23(27)26-24(17-7-3-1-4-8-17)18-9-5-2-6-10-18/h1-16,24H,(H,26,27)/b14-12+. The van der Waals surface area contributed by atoms with Gasteiger partial charge in [-0.2, -0.15) is 0 Å². The molecule has 0 aliphatic rings. The number of fused-ring (bicyclic) bond motifs is 1. The van der Waals surface area contributed by atoms with Crippen molar-refractivity contribution in [2.75, 3.05) is 0 Å². The Morgan fingerprint density at radius 2 is 1.54 bits per heavy atom. The number of carbonyl (C=O) groups excluding carboxylic acids is 1. The van der Waals surface area contributed by atoms with Crippen LogP contribution < -0.4 is 5.32 Å². The van der Waals surface area contributed by atoms with E-state index in [0.29, 0.717) is 10.8 Å². The van der Waals surface area contributed by atoms with Gasteiger partial charge >= 0.3 is 0 Å². The third-order valence-corrected chi connectivity index (χ3v) is 4.68. The second kappa shape index (κ2) is 8.15. The zero-order valence-corrected chi connectivity index (χ0v) is 15.8. The van der Waals surface area contributed by atoms with Crippen molar-refractivity contribution in [3.05, 3.63) is 113 Å². The van der Waals surface area contributed by atoms with Gasteiger partial charge in [-0.25, -0.2) is 0 Å². The van der Waals surface area contributed by atoms with Crippen LogP contribution >= 0.6 is 11.6 Å². The zero-order valence-electron chi connectivity index (χ0n) is 15.0. The lowest BCUT2D eigenvalue weighted by molar-refractivity contribution is -0.116. The smallest absolute Gasteiger partial charge is 0.244 e. The van der Waals surface area contributed by atoms with Crippen LogP contribution in [0.3, 0.4) is 0 Å². The number of rotatable bonds is 5. The first-order valence-electron chi connectivity index (χ1n) is 8.96. The molecule has 1 heterocycles. The molecule has 3 nitrogen and oxygen atoms in total. The van der Waals surface area contributed by atoms with Gasteiger partial charge in [-0.15, -0.1) is 0 Å². The summed E-state index contributed by atoms with van der Waals surface area (Å²) in [6.07, 6.45) is 3.15. The summed E-state index contributed by atoms with van der Waals surface area (Å²) in [7, 11) is 0. The molecule has 4 heteroatoms. The van der Waals surface area contributed by atoms with E-state index < -0.39 is 0 Å². The Morgan fingerprint density at radius 3 is 2.18 bits per heavy atom. The molecule has 1 amide bonds. The maximum Gasteiger partial charge on any atom is 0.244 e. The summed E-state index contributed by atoms with van der Waals surface area (Å²) in [5, 5.41) is 4.62. The molecular formula is C24H18ClNO2. The average molecular weight is 388 g/mol. The molecule has 4 aromatic rings. The molecule has 3 aromatic carbocycles. The van der Waals surface area contributed by atoms with Gasteiger partial charge in [0.1, 0.15) is 11.3 Å². The van der Waals surface area contributed by atoms with Gasteiger partial charge in [-0.3, -0.25) is 4.79 Å². The highest BCUT2D eigenvalue weighted by Gasteiger charge is 2.15. The third-order valence-electron chi connectivity index (χ3n) is 4.45. The van der Waals surface area contributed by atoms with Gasteiger partial charge in [0.25, 0.3) is 0 Å². The lowest BCUT2D eigenvalue weighted by Gasteiger charge is -2.19. The molecule has 138 valence electrons. The molecule has 0 atom stereocenters. The number of hydrogen-bond donors (Lipinski definition) is 1. The maximum atomic E-state index is 12.6. The summed E-state index contributed by atoms with van der Waals surface area (Å²) in [6.45, 7) is 0. The van der Waals surface area contributed by atoms with Crippen molar-refractivity contribution in [3.8, 4) is 0 Å². The Balaban J connectivity index is 1.54. The molecule has 0 aliphatic carbocycles. The topological polar surface area (TPSA) is 42.2 Å². The van der Waals surface area contributed by atoms with E-state index >= 15 is 0 Å². The van der Waals surface area contributed by atoms with Crippen LogP contribution in [-0.2, 0) is 4.79 Å². The van der Waals surface area contributed by atoms with Crippen molar-refractivity contribution in [1.82, 2.24) is 5.32 Å². The minimum Gasteiger partial charge on any atom is -0.457 e. The number of carbonyl (C=O) groups is 1. The largest absolute Gasteiger partial charge is 0.457 e. The quantitative estimate of drug-likeness (QED) is 0.426. The second-order valence-electron chi connectivity index (χ2n) is 6.43. The molecule has 0 spiro atoms. The Labute approximate surface area is 168 Å². The molecule has 1 aromatic heterocycles. The van der Waals surface area contributed by atoms with Crippen molar-refractivity contribution in [2.45, 2.75) is 6.04 Å². The first-order chi connectivity index (χ1) is 13.7. The summed E-state index contributed by atoms with van der Waals surface area (Å²) < 4.78 is 5.72. The van der Waals surface area contributed by atoms with E-state index in [-0.39, 0.29) is 11.9 Å². The zero-order chi connectivity index (χ0) is 19.3. The number of furan rings is 1. The highest BCUT2D eigenvalue weighted by atomic mass is 35.5. The molecule has 0 saturated heterocycles. The van der Waals surface area contributed by atoms with Gasteiger partial charge in [0, 0.05) is 16.5 Å². The number of amides is 1. The lowest BCUT2D eigenvalue weighted by Crippen LogP contribution is -2.27. The number of hydrogen-bond acceptors (Lipinski definition) is 2. The van der Waals surface area contributed by atoms with Gasteiger partial charge < -0.3 is 9.73 Å². The van der Waals surface area contributed by atoms with Crippen molar-refractivity contribution in [2.24, 2.45) is 0 Å². The van der Waals surface area contributed by atoms with E-state index in [2.05, 4.69) is 5.32 Å². The predicted octanol–water partition coefficient (Wildman–Crippen LogP) is 6.01. The highest BCUT2D eigenvalue weighted by Crippen LogP contribution is 2.24. The van der Waals surface area contributed by atoms with Gasteiger partial charge in [-0.1, -0.05) is 72.3 Å². The van der Waals surface area contributed by atoms with Crippen LogP contribution in [0.25, 0.3) is 17.0 Å².